The van der Waals surface area contributed by atoms with E-state index in [0.29, 0.717) is 6.61 Å². The molecule has 98 valence electrons. The molecule has 0 bridgehead atoms. The van der Waals surface area contributed by atoms with E-state index in [1.54, 1.807) is 7.11 Å². The molecular formula is C14H20N2O2. The fourth-order valence-electron chi connectivity index (χ4n) is 2.35. The Kier molecular flexibility index (Phi) is 4.73. The van der Waals surface area contributed by atoms with E-state index in [1.807, 2.05) is 30.3 Å². The Balaban J connectivity index is 1.91. The topological polar surface area (TPSA) is 41.6 Å². The first-order valence-electron chi connectivity index (χ1n) is 6.40. The quantitative estimate of drug-likeness (QED) is 0.863. The van der Waals surface area contributed by atoms with Crippen molar-refractivity contribution in [1.82, 2.24) is 4.90 Å². The third kappa shape index (κ3) is 3.31. The van der Waals surface area contributed by atoms with Gasteiger partial charge in [-0.25, -0.2) is 0 Å². The molecule has 1 heterocycles. The number of likely N-dealkylation sites (tertiary alicyclic amines) is 1. The smallest absolute Gasteiger partial charge is 0.241 e. The normalized spacial score (nSPS) is 19.9. The minimum absolute atomic E-state index is 0.0136. The summed E-state index contributed by atoms with van der Waals surface area (Å²) in [6.45, 7) is 2.48. The van der Waals surface area contributed by atoms with E-state index in [9.17, 15) is 4.79 Å². The summed E-state index contributed by atoms with van der Waals surface area (Å²) in [4.78, 5) is 14.4. The molecular weight excluding hydrogens is 228 g/mol. The number of rotatable bonds is 5. The van der Waals surface area contributed by atoms with Crippen LogP contribution in [0.4, 0.5) is 5.69 Å². The first kappa shape index (κ1) is 13.1. The summed E-state index contributed by atoms with van der Waals surface area (Å²) < 4.78 is 5.08. The Morgan fingerprint density at radius 2 is 2.22 bits per heavy atom. The average molecular weight is 248 g/mol. The number of carbonyl (C=O) groups is 1. The highest BCUT2D eigenvalue weighted by Crippen LogP contribution is 2.18. The highest BCUT2D eigenvalue weighted by molar-refractivity contribution is 5.94. The molecule has 0 aromatic heterocycles. The largest absolute Gasteiger partial charge is 0.383 e. The van der Waals surface area contributed by atoms with Gasteiger partial charge in [-0.2, -0.15) is 0 Å². The molecule has 18 heavy (non-hydrogen) atoms. The maximum atomic E-state index is 12.2. The van der Waals surface area contributed by atoms with Crippen molar-refractivity contribution in [2.24, 2.45) is 0 Å². The van der Waals surface area contributed by atoms with Crippen LogP contribution in [0.25, 0.3) is 0 Å². The molecule has 1 amide bonds. The van der Waals surface area contributed by atoms with E-state index in [-0.39, 0.29) is 11.9 Å². The second kappa shape index (κ2) is 6.52. The lowest BCUT2D eigenvalue weighted by Crippen LogP contribution is -2.41. The van der Waals surface area contributed by atoms with E-state index in [4.69, 9.17) is 4.74 Å². The van der Waals surface area contributed by atoms with Gasteiger partial charge in [0.05, 0.1) is 12.6 Å². The van der Waals surface area contributed by atoms with Gasteiger partial charge in [-0.15, -0.1) is 0 Å². The Bertz CT molecular complexity index is 381. The van der Waals surface area contributed by atoms with Crippen LogP contribution in [-0.2, 0) is 9.53 Å². The maximum absolute atomic E-state index is 12.2. The summed E-state index contributed by atoms with van der Waals surface area (Å²) in [6, 6.07) is 9.59. The van der Waals surface area contributed by atoms with Gasteiger partial charge in [0.15, 0.2) is 0 Å². The number of methoxy groups -OCH3 is 1. The second-order valence-corrected chi connectivity index (χ2v) is 4.54. The van der Waals surface area contributed by atoms with E-state index in [0.717, 1.165) is 31.6 Å². The van der Waals surface area contributed by atoms with Crippen molar-refractivity contribution in [2.75, 3.05) is 32.1 Å². The molecule has 1 N–H and O–H groups in total. The molecule has 0 unspecified atom stereocenters. The molecule has 0 radical (unpaired) electrons. The van der Waals surface area contributed by atoms with Crippen LogP contribution in [0.5, 0.6) is 0 Å². The SMILES string of the molecule is COCCN1CCC[C@@H]1C(=O)Nc1ccccc1. The van der Waals surface area contributed by atoms with Gasteiger partial charge in [0, 0.05) is 19.3 Å². The maximum Gasteiger partial charge on any atom is 0.241 e. The predicted octanol–water partition coefficient (Wildman–Crippen LogP) is 1.74. The molecule has 4 heteroatoms. The number of hydrogen-bond acceptors (Lipinski definition) is 3. The number of carbonyl (C=O) groups excluding carboxylic acids is 1. The van der Waals surface area contributed by atoms with Crippen molar-refractivity contribution < 1.29 is 9.53 Å². The lowest BCUT2D eigenvalue weighted by molar-refractivity contribution is -0.120. The summed E-state index contributed by atoms with van der Waals surface area (Å²) in [5.41, 5.74) is 0.862. The summed E-state index contributed by atoms with van der Waals surface area (Å²) in [7, 11) is 1.69. The van der Waals surface area contributed by atoms with Crippen LogP contribution in [0.1, 0.15) is 12.8 Å². The Hall–Kier alpha value is -1.39. The van der Waals surface area contributed by atoms with E-state index in [2.05, 4.69) is 10.2 Å². The summed E-state index contributed by atoms with van der Waals surface area (Å²) in [6.07, 6.45) is 2.01. The lowest BCUT2D eigenvalue weighted by atomic mass is 10.2. The van der Waals surface area contributed by atoms with Crippen LogP contribution in [0.2, 0.25) is 0 Å². The van der Waals surface area contributed by atoms with Gasteiger partial charge < -0.3 is 10.1 Å². The zero-order chi connectivity index (χ0) is 12.8. The number of hydrogen-bond donors (Lipinski definition) is 1. The molecule has 1 aliphatic rings. The van der Waals surface area contributed by atoms with Gasteiger partial charge in [-0.1, -0.05) is 18.2 Å². The molecule has 1 saturated heterocycles. The predicted molar refractivity (Wildman–Crippen MR) is 71.5 cm³/mol. The number of ether oxygens (including phenoxy) is 1. The van der Waals surface area contributed by atoms with Crippen molar-refractivity contribution in [3.05, 3.63) is 30.3 Å². The summed E-state index contributed by atoms with van der Waals surface area (Å²) in [5, 5.41) is 2.97. The summed E-state index contributed by atoms with van der Waals surface area (Å²) in [5.74, 6) is 0.0924. The third-order valence-corrected chi connectivity index (χ3v) is 3.29. The molecule has 1 aromatic rings. The number of nitrogens with one attached hydrogen (secondary N) is 1. The Morgan fingerprint density at radius 3 is 2.94 bits per heavy atom. The van der Waals surface area contributed by atoms with Crippen molar-refractivity contribution in [1.29, 1.82) is 0 Å². The van der Waals surface area contributed by atoms with Gasteiger partial charge in [0.2, 0.25) is 5.91 Å². The first-order chi connectivity index (χ1) is 8.81. The minimum atomic E-state index is -0.0136. The molecule has 1 aromatic carbocycles. The van der Waals surface area contributed by atoms with Crippen LogP contribution >= 0.6 is 0 Å². The monoisotopic (exact) mass is 248 g/mol. The van der Waals surface area contributed by atoms with E-state index < -0.39 is 0 Å². The van der Waals surface area contributed by atoms with Crippen LogP contribution in [0.3, 0.4) is 0 Å². The second-order valence-electron chi connectivity index (χ2n) is 4.54. The molecule has 2 rings (SSSR count). The van der Waals surface area contributed by atoms with E-state index >= 15 is 0 Å². The summed E-state index contributed by atoms with van der Waals surface area (Å²) >= 11 is 0. The molecule has 0 spiro atoms. The lowest BCUT2D eigenvalue weighted by Gasteiger charge is -2.23. The van der Waals surface area contributed by atoms with Gasteiger partial charge in [0.25, 0.3) is 0 Å². The molecule has 1 aliphatic heterocycles. The van der Waals surface area contributed by atoms with Gasteiger partial charge in [-0.05, 0) is 31.5 Å². The number of anilines is 1. The van der Waals surface area contributed by atoms with Crippen LogP contribution in [0, 0.1) is 0 Å². The van der Waals surface area contributed by atoms with Crippen molar-refractivity contribution in [3.63, 3.8) is 0 Å². The minimum Gasteiger partial charge on any atom is -0.383 e. The molecule has 4 nitrogen and oxygen atoms in total. The molecule has 0 saturated carbocycles. The van der Waals surface area contributed by atoms with Gasteiger partial charge in [0.1, 0.15) is 0 Å². The molecule has 1 atom stereocenters. The number of amides is 1. The van der Waals surface area contributed by atoms with Crippen molar-refractivity contribution >= 4 is 11.6 Å². The zero-order valence-electron chi connectivity index (χ0n) is 10.8. The fraction of sp³-hybridized carbons (Fsp3) is 0.500. The molecule has 0 aliphatic carbocycles. The fourth-order valence-corrected chi connectivity index (χ4v) is 2.35. The van der Waals surface area contributed by atoms with Gasteiger partial charge >= 0.3 is 0 Å². The highest BCUT2D eigenvalue weighted by Gasteiger charge is 2.30. The van der Waals surface area contributed by atoms with Crippen molar-refractivity contribution in [2.45, 2.75) is 18.9 Å². The number of benzene rings is 1. The van der Waals surface area contributed by atoms with Crippen LogP contribution in [0.15, 0.2) is 30.3 Å². The van der Waals surface area contributed by atoms with Crippen molar-refractivity contribution in [3.8, 4) is 0 Å². The standard InChI is InChI=1S/C14H20N2O2/c1-18-11-10-16-9-5-8-13(16)14(17)15-12-6-3-2-4-7-12/h2-4,6-7,13H,5,8-11H2,1H3,(H,15,17)/t13-/m1/s1. The van der Waals surface area contributed by atoms with E-state index in [1.165, 1.54) is 0 Å². The highest BCUT2D eigenvalue weighted by atomic mass is 16.5. The zero-order valence-corrected chi connectivity index (χ0v) is 10.8. The van der Waals surface area contributed by atoms with Crippen LogP contribution < -0.4 is 5.32 Å². The first-order valence-corrected chi connectivity index (χ1v) is 6.40. The third-order valence-electron chi connectivity index (χ3n) is 3.29. The Labute approximate surface area is 108 Å². The van der Waals surface area contributed by atoms with Gasteiger partial charge in [-0.3, -0.25) is 9.69 Å². The number of para-hydroxylation sites is 1. The number of nitrogens with zero attached hydrogens (tertiary/aromatic N) is 1. The Morgan fingerprint density at radius 1 is 1.44 bits per heavy atom. The average Bonchev–Trinajstić information content (AvgIpc) is 2.86. The molecule has 1 fully saturated rings. The van der Waals surface area contributed by atoms with Crippen LogP contribution in [-0.4, -0.2) is 43.7 Å².